The van der Waals surface area contributed by atoms with Gasteiger partial charge in [0, 0.05) is 0 Å². The maximum atomic E-state index is 5.91. The molecule has 0 aromatic heterocycles. The van der Waals surface area contributed by atoms with Crippen molar-refractivity contribution >= 4 is 19.4 Å². The average molecular weight is 295 g/mol. The van der Waals surface area contributed by atoms with E-state index in [0.717, 1.165) is 0 Å². The number of benzene rings is 1. The molecule has 0 nitrogen and oxygen atoms in total. The summed E-state index contributed by atoms with van der Waals surface area (Å²) in [6.45, 7) is 2.14. The minimum atomic E-state index is -0.135. The standard InChI is InChI=1S/C10H8.2CH3.ClH.Ru/c1-8-6-7-9-4-2-3-5-10(8)9;;;;/h2-6H,1H3;2*1H3;1H;/q;2*-1;;+1/p-1. The number of allylic oxidation sites excluding steroid dienone is 2. The van der Waals surface area contributed by atoms with Gasteiger partial charge >= 0.3 is 83.4 Å². The van der Waals surface area contributed by atoms with Crippen molar-refractivity contribution in [3.8, 4) is 0 Å². The maximum Gasteiger partial charge on any atom is -0.358 e. The molecule has 1 aromatic carbocycles. The van der Waals surface area contributed by atoms with Crippen molar-refractivity contribution in [2.24, 2.45) is 0 Å². The Morgan fingerprint density at radius 1 is 1.07 bits per heavy atom. The van der Waals surface area contributed by atoms with Crippen molar-refractivity contribution in [1.82, 2.24) is 0 Å². The van der Waals surface area contributed by atoms with E-state index in [4.69, 9.17) is 9.69 Å². The van der Waals surface area contributed by atoms with Gasteiger partial charge in [0.15, 0.2) is 0 Å². The molecule has 2 rings (SSSR count). The predicted octanol–water partition coefficient (Wildman–Crippen LogP) is 3.76. The first-order valence-corrected chi connectivity index (χ1v) is 6.82. The SMILES string of the molecule is CC1=C[C](=[Ru][Cl])c2ccccc21.[CH3-].[CH3-]. The summed E-state index contributed by atoms with van der Waals surface area (Å²) in [4.78, 5) is 0. The second-order valence-corrected chi connectivity index (χ2v) is 4.83. The molecule has 2 heteroatoms. The van der Waals surface area contributed by atoms with Gasteiger partial charge in [-0.2, -0.15) is 0 Å². The van der Waals surface area contributed by atoms with Gasteiger partial charge in [-0.1, -0.05) is 0 Å². The zero-order valence-electron chi connectivity index (χ0n) is 8.62. The van der Waals surface area contributed by atoms with Crippen LogP contribution in [0.2, 0.25) is 0 Å². The van der Waals surface area contributed by atoms with Gasteiger partial charge in [0.2, 0.25) is 0 Å². The Kier molecular flexibility index (Phi) is 5.48. The summed E-state index contributed by atoms with van der Waals surface area (Å²) < 4.78 is 1.33. The van der Waals surface area contributed by atoms with E-state index in [9.17, 15) is 0 Å². The summed E-state index contributed by atoms with van der Waals surface area (Å²) in [7, 11) is 5.91. The van der Waals surface area contributed by atoms with Gasteiger partial charge in [0.25, 0.3) is 0 Å². The molecule has 14 heavy (non-hydrogen) atoms. The predicted molar refractivity (Wildman–Crippen MR) is 62.9 cm³/mol. The molecule has 0 unspecified atom stereocenters. The molecule has 1 aliphatic rings. The van der Waals surface area contributed by atoms with E-state index in [0.29, 0.717) is 0 Å². The summed E-state index contributed by atoms with van der Waals surface area (Å²) in [6, 6.07) is 8.44. The van der Waals surface area contributed by atoms with Crippen molar-refractivity contribution in [2.45, 2.75) is 6.92 Å². The number of halogens is 1. The third-order valence-electron chi connectivity index (χ3n) is 2.01. The van der Waals surface area contributed by atoms with Crippen LogP contribution < -0.4 is 0 Å². The summed E-state index contributed by atoms with van der Waals surface area (Å²) in [5.41, 5.74) is 4.03. The Morgan fingerprint density at radius 2 is 1.64 bits per heavy atom. The number of rotatable bonds is 0. The van der Waals surface area contributed by atoms with Crippen LogP contribution in [0.1, 0.15) is 18.1 Å². The van der Waals surface area contributed by atoms with E-state index in [-0.39, 0.29) is 30.5 Å². The van der Waals surface area contributed by atoms with E-state index in [2.05, 4.69) is 37.3 Å². The summed E-state index contributed by atoms with van der Waals surface area (Å²) in [5.74, 6) is 0. The summed E-state index contributed by atoms with van der Waals surface area (Å²) >= 11 is -0.135. The fourth-order valence-corrected chi connectivity index (χ4v) is 3.11. The quantitative estimate of drug-likeness (QED) is 0.505. The molecule has 0 atom stereocenters. The molecule has 0 heterocycles. The van der Waals surface area contributed by atoms with Crippen molar-refractivity contribution in [3.63, 3.8) is 0 Å². The largest absolute Gasteiger partial charge is 0.358 e. The first-order valence-electron chi connectivity index (χ1n) is 3.72. The molecule has 0 radical (unpaired) electrons. The first kappa shape index (κ1) is 13.7. The van der Waals surface area contributed by atoms with E-state index in [1.54, 1.807) is 0 Å². The van der Waals surface area contributed by atoms with E-state index in [1.807, 2.05) is 0 Å². The van der Waals surface area contributed by atoms with Crippen molar-refractivity contribution in [1.29, 1.82) is 0 Å². The molecule has 1 aromatic rings. The van der Waals surface area contributed by atoms with Crippen LogP contribution in [0.4, 0.5) is 0 Å². The molecule has 0 aliphatic heterocycles. The summed E-state index contributed by atoms with van der Waals surface area (Å²) in [6.07, 6.45) is 2.20. The van der Waals surface area contributed by atoms with Gasteiger partial charge in [-0.25, -0.2) is 0 Å². The fourth-order valence-electron chi connectivity index (χ4n) is 1.43. The maximum absolute atomic E-state index is 5.91. The Morgan fingerprint density at radius 3 is 2.21 bits per heavy atom. The van der Waals surface area contributed by atoms with Crippen molar-refractivity contribution in [3.05, 3.63) is 56.3 Å². The third-order valence-corrected chi connectivity index (χ3v) is 3.94. The molecular weight excluding hydrogens is 281 g/mol. The van der Waals surface area contributed by atoms with E-state index in [1.165, 1.54) is 20.8 Å². The first-order chi connectivity index (χ1) is 5.83. The van der Waals surface area contributed by atoms with Gasteiger partial charge in [0.05, 0.1) is 0 Å². The smallest absolute Gasteiger partial charge is 0.358 e. The minimum Gasteiger partial charge on any atom is -0.358 e. The van der Waals surface area contributed by atoms with Crippen LogP contribution in [-0.4, -0.2) is 4.11 Å². The third kappa shape index (κ3) is 2.21. The van der Waals surface area contributed by atoms with Gasteiger partial charge in [-0.05, 0) is 0 Å². The van der Waals surface area contributed by atoms with Gasteiger partial charge in [-0.15, -0.1) is 0 Å². The van der Waals surface area contributed by atoms with Crippen LogP contribution in [0.15, 0.2) is 30.3 Å². The van der Waals surface area contributed by atoms with Crippen LogP contribution in [0.5, 0.6) is 0 Å². The topological polar surface area (TPSA) is 0 Å². The van der Waals surface area contributed by atoms with Gasteiger partial charge in [0.1, 0.15) is 0 Å². The zero-order valence-corrected chi connectivity index (χ0v) is 11.1. The van der Waals surface area contributed by atoms with Crippen LogP contribution in [0.3, 0.4) is 0 Å². The minimum absolute atomic E-state index is 0. The average Bonchev–Trinajstić information content (AvgIpc) is 2.44. The summed E-state index contributed by atoms with van der Waals surface area (Å²) in [5, 5.41) is 0. The van der Waals surface area contributed by atoms with Crippen molar-refractivity contribution < 1.29 is 15.7 Å². The molecular formula is C12H14ClRu-2. The van der Waals surface area contributed by atoms with Gasteiger partial charge < -0.3 is 14.9 Å². The fraction of sp³-hybridized carbons (Fsp3) is 0.0833. The second-order valence-electron chi connectivity index (χ2n) is 2.77. The van der Waals surface area contributed by atoms with Crippen LogP contribution >= 0.6 is 9.69 Å². The van der Waals surface area contributed by atoms with E-state index >= 15 is 0 Å². The second kappa shape index (κ2) is 5.58. The normalized spacial score (nSPS) is 15.9. The Bertz CT molecular complexity index is 378. The molecule has 0 bridgehead atoms. The Hall–Kier alpha value is -0.257. The molecule has 1 aliphatic carbocycles. The number of hydrogen-bond donors (Lipinski definition) is 0. The van der Waals surface area contributed by atoms with Crippen LogP contribution in [0, 0.1) is 14.9 Å². The molecule has 0 N–H and O–H groups in total. The van der Waals surface area contributed by atoms with Crippen LogP contribution in [-0.2, 0) is 15.7 Å². The molecule has 79 valence electrons. The monoisotopic (exact) mass is 295 g/mol. The van der Waals surface area contributed by atoms with Gasteiger partial charge in [-0.3, -0.25) is 0 Å². The Labute approximate surface area is 98.1 Å². The van der Waals surface area contributed by atoms with Crippen molar-refractivity contribution in [2.75, 3.05) is 0 Å². The van der Waals surface area contributed by atoms with E-state index < -0.39 is 0 Å². The zero-order chi connectivity index (χ0) is 8.55. The molecule has 0 spiro atoms. The molecule has 0 saturated carbocycles. The molecule has 0 amide bonds. The molecule has 0 fully saturated rings. The number of hydrogen-bond acceptors (Lipinski definition) is 0. The number of fused-ring (bicyclic) bond motifs is 1. The molecule has 0 saturated heterocycles. The Balaban J connectivity index is 0.000000845. The van der Waals surface area contributed by atoms with Crippen LogP contribution in [0.25, 0.3) is 5.57 Å².